The van der Waals surface area contributed by atoms with E-state index >= 15 is 0 Å². The molecule has 1 aromatic carbocycles. The maximum atomic E-state index is 11.3. The van der Waals surface area contributed by atoms with E-state index < -0.39 is 0 Å². The number of nitrogens with one attached hydrogen (secondary N) is 2. The Labute approximate surface area is 94.8 Å². The number of carbonyl (C=O) groups is 1. The summed E-state index contributed by atoms with van der Waals surface area (Å²) in [7, 11) is 1.61. The van der Waals surface area contributed by atoms with Crippen LogP contribution in [-0.4, -0.2) is 19.0 Å². The van der Waals surface area contributed by atoms with E-state index in [-0.39, 0.29) is 11.9 Å². The fourth-order valence-corrected chi connectivity index (χ4v) is 1.44. The van der Waals surface area contributed by atoms with Gasteiger partial charge in [0.15, 0.2) is 0 Å². The second-order valence-electron chi connectivity index (χ2n) is 3.46. The Kier molecular flexibility index (Phi) is 3.97. The number of carbonyl (C=O) groups excluding carboxylic acids is 1. The number of aryl methyl sites for hydroxylation is 1. The Balaban J connectivity index is 2.80. The summed E-state index contributed by atoms with van der Waals surface area (Å²) >= 11 is 5.99. The van der Waals surface area contributed by atoms with Crippen molar-refractivity contribution in [2.24, 2.45) is 0 Å². The maximum absolute atomic E-state index is 11.3. The van der Waals surface area contributed by atoms with Crippen LogP contribution in [0.5, 0.6) is 0 Å². The summed E-state index contributed by atoms with van der Waals surface area (Å²) in [6, 6.07) is 5.37. The van der Waals surface area contributed by atoms with Gasteiger partial charge in [-0.15, -0.1) is 0 Å². The second kappa shape index (κ2) is 5.03. The van der Waals surface area contributed by atoms with Crippen molar-refractivity contribution in [3.8, 4) is 0 Å². The molecular weight excluding hydrogens is 212 g/mol. The fraction of sp³-hybridized carbons (Fsp3) is 0.364. The molecule has 15 heavy (non-hydrogen) atoms. The highest BCUT2D eigenvalue weighted by atomic mass is 35.5. The van der Waals surface area contributed by atoms with Gasteiger partial charge in [0.05, 0.1) is 10.7 Å². The third kappa shape index (κ3) is 3.13. The molecule has 0 bridgehead atoms. The van der Waals surface area contributed by atoms with E-state index in [9.17, 15) is 4.79 Å². The number of benzene rings is 1. The minimum atomic E-state index is -0.297. The van der Waals surface area contributed by atoms with E-state index in [4.69, 9.17) is 11.6 Å². The summed E-state index contributed by atoms with van der Waals surface area (Å²) in [5.41, 5.74) is 1.89. The average molecular weight is 227 g/mol. The van der Waals surface area contributed by atoms with Gasteiger partial charge in [0, 0.05) is 7.05 Å². The largest absolute Gasteiger partial charge is 0.373 e. The SMILES string of the molecule is CNC(=O)C(C)Nc1cc(C)ccc1Cl. The molecule has 0 saturated carbocycles. The first-order valence-electron chi connectivity index (χ1n) is 4.79. The molecule has 1 amide bonds. The lowest BCUT2D eigenvalue weighted by molar-refractivity contribution is -0.121. The van der Waals surface area contributed by atoms with Crippen molar-refractivity contribution in [1.82, 2.24) is 5.32 Å². The molecule has 0 spiro atoms. The quantitative estimate of drug-likeness (QED) is 0.830. The van der Waals surface area contributed by atoms with E-state index in [0.29, 0.717) is 5.02 Å². The number of amides is 1. The molecule has 2 N–H and O–H groups in total. The van der Waals surface area contributed by atoms with Crippen molar-refractivity contribution in [1.29, 1.82) is 0 Å². The zero-order chi connectivity index (χ0) is 11.4. The molecule has 0 aliphatic rings. The van der Waals surface area contributed by atoms with E-state index in [0.717, 1.165) is 11.3 Å². The van der Waals surface area contributed by atoms with Gasteiger partial charge < -0.3 is 10.6 Å². The first-order valence-corrected chi connectivity index (χ1v) is 5.16. The van der Waals surface area contributed by atoms with Gasteiger partial charge in [0.2, 0.25) is 5.91 Å². The highest BCUT2D eigenvalue weighted by molar-refractivity contribution is 6.33. The van der Waals surface area contributed by atoms with Crippen molar-refractivity contribution in [2.75, 3.05) is 12.4 Å². The van der Waals surface area contributed by atoms with Crippen LogP contribution in [0.2, 0.25) is 5.02 Å². The molecule has 1 rings (SSSR count). The Morgan fingerprint density at radius 1 is 1.47 bits per heavy atom. The predicted octanol–water partition coefficient (Wildman–Crippen LogP) is 2.19. The fourth-order valence-electron chi connectivity index (χ4n) is 1.27. The summed E-state index contributed by atoms with van der Waals surface area (Å²) in [4.78, 5) is 11.3. The summed E-state index contributed by atoms with van der Waals surface area (Å²) in [5, 5.41) is 6.25. The standard InChI is InChI=1S/C11H15ClN2O/c1-7-4-5-9(12)10(6-7)14-8(2)11(15)13-3/h4-6,8,14H,1-3H3,(H,13,15). The zero-order valence-electron chi connectivity index (χ0n) is 9.10. The van der Waals surface area contributed by atoms with Gasteiger partial charge in [-0.05, 0) is 31.5 Å². The molecule has 0 fully saturated rings. The summed E-state index contributed by atoms with van der Waals surface area (Å²) < 4.78 is 0. The van der Waals surface area contributed by atoms with E-state index in [1.54, 1.807) is 14.0 Å². The number of halogens is 1. The monoisotopic (exact) mass is 226 g/mol. The van der Waals surface area contributed by atoms with Gasteiger partial charge in [-0.25, -0.2) is 0 Å². The van der Waals surface area contributed by atoms with Crippen molar-refractivity contribution >= 4 is 23.2 Å². The van der Waals surface area contributed by atoms with Crippen LogP contribution in [0.15, 0.2) is 18.2 Å². The number of likely N-dealkylation sites (N-methyl/N-ethyl adjacent to an activating group) is 1. The Morgan fingerprint density at radius 3 is 2.73 bits per heavy atom. The van der Waals surface area contributed by atoms with Crippen LogP contribution in [0.1, 0.15) is 12.5 Å². The Morgan fingerprint density at radius 2 is 2.13 bits per heavy atom. The minimum Gasteiger partial charge on any atom is -0.373 e. The first kappa shape index (κ1) is 11.9. The smallest absolute Gasteiger partial charge is 0.241 e. The maximum Gasteiger partial charge on any atom is 0.241 e. The third-order valence-electron chi connectivity index (χ3n) is 2.13. The van der Waals surface area contributed by atoms with E-state index in [2.05, 4.69) is 10.6 Å². The summed E-state index contributed by atoms with van der Waals surface area (Å²) in [6.07, 6.45) is 0. The normalized spacial score (nSPS) is 12.0. The lowest BCUT2D eigenvalue weighted by atomic mass is 10.2. The van der Waals surface area contributed by atoms with Gasteiger partial charge in [0.25, 0.3) is 0 Å². The topological polar surface area (TPSA) is 41.1 Å². The van der Waals surface area contributed by atoms with Crippen molar-refractivity contribution in [3.63, 3.8) is 0 Å². The van der Waals surface area contributed by atoms with Crippen LogP contribution < -0.4 is 10.6 Å². The van der Waals surface area contributed by atoms with E-state index in [1.165, 1.54) is 0 Å². The molecule has 0 saturated heterocycles. The number of anilines is 1. The minimum absolute atomic E-state index is 0.0624. The molecule has 1 unspecified atom stereocenters. The molecule has 0 radical (unpaired) electrons. The average Bonchev–Trinajstić information content (AvgIpc) is 2.22. The predicted molar refractivity (Wildman–Crippen MR) is 63.3 cm³/mol. The lowest BCUT2D eigenvalue weighted by Gasteiger charge is -2.15. The zero-order valence-corrected chi connectivity index (χ0v) is 9.85. The van der Waals surface area contributed by atoms with Crippen LogP contribution in [0.25, 0.3) is 0 Å². The Hall–Kier alpha value is -1.22. The van der Waals surface area contributed by atoms with Crippen LogP contribution in [0, 0.1) is 6.92 Å². The molecule has 4 heteroatoms. The molecule has 1 aromatic rings. The highest BCUT2D eigenvalue weighted by Crippen LogP contribution is 2.23. The highest BCUT2D eigenvalue weighted by Gasteiger charge is 2.11. The molecule has 1 atom stereocenters. The molecule has 82 valence electrons. The van der Waals surface area contributed by atoms with Crippen molar-refractivity contribution < 1.29 is 4.79 Å². The molecule has 0 heterocycles. The summed E-state index contributed by atoms with van der Waals surface area (Å²) in [5.74, 6) is -0.0624. The van der Waals surface area contributed by atoms with Crippen molar-refractivity contribution in [3.05, 3.63) is 28.8 Å². The second-order valence-corrected chi connectivity index (χ2v) is 3.87. The number of hydrogen-bond acceptors (Lipinski definition) is 2. The number of rotatable bonds is 3. The van der Waals surface area contributed by atoms with Crippen LogP contribution in [0.4, 0.5) is 5.69 Å². The van der Waals surface area contributed by atoms with Gasteiger partial charge in [-0.1, -0.05) is 17.7 Å². The van der Waals surface area contributed by atoms with Crippen LogP contribution in [0.3, 0.4) is 0 Å². The van der Waals surface area contributed by atoms with Crippen LogP contribution in [-0.2, 0) is 4.79 Å². The van der Waals surface area contributed by atoms with Gasteiger partial charge in [-0.3, -0.25) is 4.79 Å². The molecule has 0 aliphatic heterocycles. The van der Waals surface area contributed by atoms with Gasteiger partial charge in [-0.2, -0.15) is 0 Å². The first-order chi connectivity index (χ1) is 7.04. The van der Waals surface area contributed by atoms with Gasteiger partial charge in [0.1, 0.15) is 6.04 Å². The summed E-state index contributed by atoms with van der Waals surface area (Å²) in [6.45, 7) is 3.77. The number of hydrogen-bond donors (Lipinski definition) is 2. The van der Waals surface area contributed by atoms with Crippen molar-refractivity contribution in [2.45, 2.75) is 19.9 Å². The molecule has 3 nitrogen and oxygen atoms in total. The third-order valence-corrected chi connectivity index (χ3v) is 2.46. The van der Waals surface area contributed by atoms with Crippen LogP contribution >= 0.6 is 11.6 Å². The molecule has 0 aliphatic carbocycles. The molecular formula is C11H15ClN2O. The van der Waals surface area contributed by atoms with Gasteiger partial charge >= 0.3 is 0 Å². The van der Waals surface area contributed by atoms with E-state index in [1.807, 2.05) is 25.1 Å². The Bertz CT molecular complexity index is 366. The lowest BCUT2D eigenvalue weighted by Crippen LogP contribution is -2.35. The molecule has 0 aromatic heterocycles.